The van der Waals surface area contributed by atoms with Crippen molar-refractivity contribution in [3.05, 3.63) is 88.1 Å². The SMILES string of the molecule is C=NC1=C(/C=C\C)/C(=C\CCN2CCC(O)(c3ccc(Cl)cc3)CC2)c2cc(OC(C)C(=O)O)ccc2OC1. The van der Waals surface area contributed by atoms with Crippen molar-refractivity contribution >= 4 is 29.9 Å². The third kappa shape index (κ3) is 6.79. The quantitative estimate of drug-likeness (QED) is 0.379. The molecule has 2 N–H and O–H groups in total. The van der Waals surface area contributed by atoms with Crippen LogP contribution in [0.25, 0.3) is 5.57 Å². The van der Waals surface area contributed by atoms with Crippen molar-refractivity contribution in [3.63, 3.8) is 0 Å². The lowest BCUT2D eigenvalue weighted by Crippen LogP contribution is -2.42. The molecule has 2 aliphatic heterocycles. The number of allylic oxidation sites excluding steroid dienone is 4. The van der Waals surface area contributed by atoms with Crippen molar-refractivity contribution < 1.29 is 24.5 Å². The van der Waals surface area contributed by atoms with Crippen LogP contribution in [0.5, 0.6) is 11.5 Å². The molecule has 2 aromatic rings. The molecule has 0 bridgehead atoms. The average molecular weight is 551 g/mol. The first-order chi connectivity index (χ1) is 18.7. The fourth-order valence-corrected chi connectivity index (χ4v) is 5.11. The maximum atomic E-state index is 11.3. The van der Waals surface area contributed by atoms with Crippen LogP contribution in [0.3, 0.4) is 0 Å². The second kappa shape index (κ2) is 12.6. The summed E-state index contributed by atoms with van der Waals surface area (Å²) in [6.07, 6.45) is 7.19. The van der Waals surface area contributed by atoms with Crippen LogP contribution in [0.15, 0.2) is 77.0 Å². The van der Waals surface area contributed by atoms with E-state index in [1.54, 1.807) is 12.1 Å². The molecule has 4 rings (SSSR count). The minimum absolute atomic E-state index is 0.272. The summed E-state index contributed by atoms with van der Waals surface area (Å²) >= 11 is 6.02. The Balaban J connectivity index is 1.54. The average Bonchev–Trinajstić information content (AvgIpc) is 3.06. The number of piperidine rings is 1. The number of aliphatic hydroxyl groups is 1. The van der Waals surface area contributed by atoms with E-state index >= 15 is 0 Å². The molecule has 206 valence electrons. The molecule has 2 heterocycles. The van der Waals surface area contributed by atoms with Crippen LogP contribution in [0.4, 0.5) is 0 Å². The van der Waals surface area contributed by atoms with Gasteiger partial charge in [-0.3, -0.25) is 4.99 Å². The topological polar surface area (TPSA) is 91.6 Å². The molecule has 0 spiro atoms. The molecule has 0 aromatic heterocycles. The zero-order valence-electron chi connectivity index (χ0n) is 22.4. The molecule has 8 heteroatoms. The second-order valence-corrected chi connectivity index (χ2v) is 10.3. The summed E-state index contributed by atoms with van der Waals surface area (Å²) in [5.41, 5.74) is 3.45. The van der Waals surface area contributed by atoms with Crippen LogP contribution >= 0.6 is 11.6 Å². The van der Waals surface area contributed by atoms with Crippen molar-refractivity contribution in [2.75, 3.05) is 26.2 Å². The summed E-state index contributed by atoms with van der Waals surface area (Å²) in [6.45, 7) is 9.85. The molecule has 39 heavy (non-hydrogen) atoms. The normalized spacial score (nSPS) is 19.3. The summed E-state index contributed by atoms with van der Waals surface area (Å²) in [5, 5.41) is 21.2. The van der Waals surface area contributed by atoms with Gasteiger partial charge in [0.1, 0.15) is 18.1 Å². The van der Waals surface area contributed by atoms with Crippen LogP contribution in [-0.2, 0) is 10.4 Å². The Labute approximate surface area is 234 Å². The van der Waals surface area contributed by atoms with Crippen molar-refractivity contribution in [1.29, 1.82) is 0 Å². The Kier molecular flexibility index (Phi) is 9.28. The lowest BCUT2D eigenvalue weighted by molar-refractivity contribution is -0.144. The van der Waals surface area contributed by atoms with Gasteiger partial charge < -0.3 is 24.6 Å². The van der Waals surface area contributed by atoms with Crippen molar-refractivity contribution in [3.8, 4) is 11.5 Å². The molecule has 2 aromatic carbocycles. The van der Waals surface area contributed by atoms with E-state index in [0.29, 0.717) is 29.4 Å². The summed E-state index contributed by atoms with van der Waals surface area (Å²) in [7, 11) is 0. The number of halogens is 1. The van der Waals surface area contributed by atoms with E-state index < -0.39 is 17.7 Å². The van der Waals surface area contributed by atoms with Crippen LogP contribution in [0.2, 0.25) is 5.02 Å². The van der Waals surface area contributed by atoms with Gasteiger partial charge in [0.15, 0.2) is 6.10 Å². The number of carboxylic acids is 1. The Morgan fingerprint density at radius 2 is 1.97 bits per heavy atom. The second-order valence-electron chi connectivity index (χ2n) is 9.85. The van der Waals surface area contributed by atoms with E-state index in [2.05, 4.69) is 22.7 Å². The van der Waals surface area contributed by atoms with Gasteiger partial charge in [-0.25, -0.2) is 4.79 Å². The van der Waals surface area contributed by atoms with E-state index in [4.69, 9.17) is 21.1 Å². The molecule has 0 radical (unpaired) electrons. The first-order valence-corrected chi connectivity index (χ1v) is 13.5. The third-order valence-corrected chi connectivity index (χ3v) is 7.50. The van der Waals surface area contributed by atoms with E-state index in [1.165, 1.54) is 6.92 Å². The number of likely N-dealkylation sites (tertiary alicyclic amines) is 1. The Hall–Kier alpha value is -3.39. The van der Waals surface area contributed by atoms with Gasteiger partial charge in [0.05, 0.1) is 11.3 Å². The number of hydrogen-bond acceptors (Lipinski definition) is 6. The highest BCUT2D eigenvalue weighted by atomic mass is 35.5. The number of aliphatic carboxylic acids is 1. The zero-order chi connectivity index (χ0) is 28.0. The summed E-state index contributed by atoms with van der Waals surface area (Å²) in [4.78, 5) is 17.9. The van der Waals surface area contributed by atoms with E-state index in [0.717, 1.165) is 54.0 Å². The van der Waals surface area contributed by atoms with Crippen LogP contribution in [-0.4, -0.2) is 60.1 Å². The minimum atomic E-state index is -1.03. The van der Waals surface area contributed by atoms with Gasteiger partial charge in [-0.1, -0.05) is 42.0 Å². The van der Waals surface area contributed by atoms with Gasteiger partial charge in [0.25, 0.3) is 0 Å². The fraction of sp³-hybridized carbons (Fsp3) is 0.355. The first kappa shape index (κ1) is 28.6. The number of rotatable bonds is 9. The van der Waals surface area contributed by atoms with Gasteiger partial charge in [-0.15, -0.1) is 0 Å². The van der Waals surface area contributed by atoms with Gasteiger partial charge in [0.2, 0.25) is 0 Å². The highest BCUT2D eigenvalue weighted by Gasteiger charge is 2.33. The summed E-state index contributed by atoms with van der Waals surface area (Å²) in [6, 6.07) is 12.8. The number of ether oxygens (including phenoxy) is 2. The predicted molar refractivity (Wildman–Crippen MR) is 155 cm³/mol. The Morgan fingerprint density at radius 3 is 2.62 bits per heavy atom. The van der Waals surface area contributed by atoms with Crippen LogP contribution in [0.1, 0.15) is 44.2 Å². The molecule has 0 aliphatic carbocycles. The zero-order valence-corrected chi connectivity index (χ0v) is 23.2. The van der Waals surface area contributed by atoms with E-state index in [9.17, 15) is 15.0 Å². The minimum Gasteiger partial charge on any atom is -0.487 e. The smallest absolute Gasteiger partial charge is 0.344 e. The summed E-state index contributed by atoms with van der Waals surface area (Å²) < 4.78 is 11.7. The number of carboxylic acid groups (broad SMARTS) is 1. The van der Waals surface area contributed by atoms with Gasteiger partial charge >= 0.3 is 5.97 Å². The van der Waals surface area contributed by atoms with Crippen LogP contribution < -0.4 is 9.47 Å². The molecular formula is C31H35ClN2O5. The highest BCUT2D eigenvalue weighted by Crippen LogP contribution is 2.40. The van der Waals surface area contributed by atoms with Crippen LogP contribution in [0, 0.1) is 0 Å². The third-order valence-electron chi connectivity index (χ3n) is 7.25. The fourth-order valence-electron chi connectivity index (χ4n) is 4.99. The molecule has 1 saturated heterocycles. The van der Waals surface area contributed by atoms with Crippen molar-refractivity contribution in [2.45, 2.75) is 44.8 Å². The summed E-state index contributed by atoms with van der Waals surface area (Å²) in [5.74, 6) is 0.0860. The van der Waals surface area contributed by atoms with E-state index in [1.807, 2.05) is 49.4 Å². The molecule has 7 nitrogen and oxygen atoms in total. The number of hydrogen-bond donors (Lipinski definition) is 2. The van der Waals surface area contributed by atoms with Gasteiger partial charge in [-0.05, 0) is 81.3 Å². The number of fused-ring (bicyclic) bond motifs is 1. The first-order valence-electron chi connectivity index (χ1n) is 13.1. The van der Waals surface area contributed by atoms with Gasteiger partial charge in [-0.2, -0.15) is 0 Å². The molecule has 1 unspecified atom stereocenters. The molecule has 1 atom stereocenters. The maximum absolute atomic E-state index is 11.3. The Morgan fingerprint density at radius 1 is 1.26 bits per heavy atom. The van der Waals surface area contributed by atoms with Gasteiger partial charge in [0, 0.05) is 35.8 Å². The molecule has 2 aliphatic rings. The van der Waals surface area contributed by atoms with Crippen molar-refractivity contribution in [2.24, 2.45) is 4.99 Å². The number of nitrogens with zero attached hydrogens (tertiary/aromatic N) is 2. The molecule has 1 fully saturated rings. The number of benzene rings is 2. The molecular weight excluding hydrogens is 516 g/mol. The Bertz CT molecular complexity index is 1290. The molecule has 0 saturated carbocycles. The standard InChI is InChI=1S/C31H35ClN2O5/c1-4-6-26-25(7-5-16-34-17-14-31(37,15-18-34)22-8-10-23(32)11-9-22)27-19-24(39-21(2)30(35)36)12-13-29(27)38-20-28(26)33-3/h4,6-13,19,21,37H,3,5,14-18,20H2,1-2H3,(H,35,36)/b6-4-,25-7+. The van der Waals surface area contributed by atoms with Crippen molar-refractivity contribution in [1.82, 2.24) is 4.90 Å². The predicted octanol–water partition coefficient (Wildman–Crippen LogP) is 5.87. The lowest BCUT2D eigenvalue weighted by Gasteiger charge is -2.38. The molecule has 0 amide bonds. The maximum Gasteiger partial charge on any atom is 0.344 e. The largest absolute Gasteiger partial charge is 0.487 e. The number of aliphatic imine (C=N–C) groups is 1. The highest BCUT2D eigenvalue weighted by molar-refractivity contribution is 6.30. The lowest BCUT2D eigenvalue weighted by atomic mass is 9.84. The van der Waals surface area contributed by atoms with E-state index in [-0.39, 0.29) is 6.61 Å². The monoisotopic (exact) mass is 550 g/mol. The number of carbonyl (C=O) groups is 1.